The Morgan fingerprint density at radius 3 is 3.17 bits per heavy atom. The fraction of sp³-hybridized carbons (Fsp3) is 0.545. The summed E-state index contributed by atoms with van der Waals surface area (Å²) < 4.78 is 12.4. The Morgan fingerprint density at radius 1 is 1.72 bits per heavy atom. The van der Waals surface area contributed by atoms with Crippen molar-refractivity contribution in [1.82, 2.24) is 14.9 Å². The molecule has 1 amide bonds. The summed E-state index contributed by atoms with van der Waals surface area (Å²) >= 11 is 0. The Balaban J connectivity index is 2.15. The van der Waals surface area contributed by atoms with Crippen LogP contribution >= 0.6 is 0 Å². The molecule has 7 heteroatoms. The number of halogens is 1. The Kier molecular flexibility index (Phi) is 3.59. The highest BCUT2D eigenvalue weighted by atomic mass is 19.1. The van der Waals surface area contributed by atoms with Gasteiger partial charge in [-0.15, -0.1) is 0 Å². The molecule has 1 aromatic rings. The minimum Gasteiger partial charge on any atom is -0.465 e. The summed E-state index contributed by atoms with van der Waals surface area (Å²) in [5.41, 5.74) is 1.64. The van der Waals surface area contributed by atoms with Gasteiger partial charge in [-0.1, -0.05) is 0 Å². The summed E-state index contributed by atoms with van der Waals surface area (Å²) in [4.78, 5) is 20.5. The Labute approximate surface area is 104 Å². The second kappa shape index (κ2) is 5.16. The van der Waals surface area contributed by atoms with E-state index in [-0.39, 0.29) is 12.6 Å². The molecule has 2 heterocycles. The molecule has 1 aromatic heterocycles. The average molecular weight is 254 g/mol. The van der Waals surface area contributed by atoms with Crippen LogP contribution in [0, 0.1) is 0 Å². The van der Waals surface area contributed by atoms with Gasteiger partial charge in [-0.05, 0) is 18.9 Å². The number of nitrogens with zero attached hydrogens (tertiary/aromatic N) is 3. The largest absolute Gasteiger partial charge is 0.465 e. The predicted octanol–water partition coefficient (Wildman–Crippen LogP) is 1.28. The van der Waals surface area contributed by atoms with Crippen LogP contribution in [0.25, 0.3) is 0 Å². The van der Waals surface area contributed by atoms with E-state index in [1.807, 2.05) is 0 Å². The zero-order valence-electron chi connectivity index (χ0n) is 10.1. The quantitative estimate of drug-likeness (QED) is 0.849. The summed E-state index contributed by atoms with van der Waals surface area (Å²) in [6, 6.07) is -0.359. The van der Waals surface area contributed by atoms with Crippen LogP contribution in [0.2, 0.25) is 0 Å². The molecule has 1 aliphatic heterocycles. The first-order valence-corrected chi connectivity index (χ1v) is 5.75. The van der Waals surface area contributed by atoms with Gasteiger partial charge in [0.1, 0.15) is 6.67 Å². The average Bonchev–Trinajstić information content (AvgIpc) is 2.37. The van der Waals surface area contributed by atoms with Crippen LogP contribution in [0.5, 0.6) is 0 Å². The van der Waals surface area contributed by atoms with Crippen molar-refractivity contribution in [3.63, 3.8) is 0 Å². The number of hydrogen-bond acceptors (Lipinski definition) is 4. The molecule has 0 saturated heterocycles. The first kappa shape index (κ1) is 12.5. The standard InChI is InChI=1S/C11H15FN4O2/c1-7(4-12)14-10-13-5-8-2-3-16(11(17)18)6-9(8)15-10/h5,7H,2-4,6H2,1H3,(H,17,18)(H,13,14,15). The fourth-order valence-electron chi connectivity index (χ4n) is 1.79. The first-order valence-electron chi connectivity index (χ1n) is 5.75. The highest BCUT2D eigenvalue weighted by Crippen LogP contribution is 2.17. The van der Waals surface area contributed by atoms with Crippen LogP contribution in [0.15, 0.2) is 6.20 Å². The van der Waals surface area contributed by atoms with Crippen LogP contribution in [0.4, 0.5) is 15.1 Å². The first-order chi connectivity index (χ1) is 8.60. The number of rotatable bonds is 3. The van der Waals surface area contributed by atoms with Gasteiger partial charge < -0.3 is 15.3 Å². The molecule has 0 aromatic carbocycles. The summed E-state index contributed by atoms with van der Waals surface area (Å²) in [5.74, 6) is 0.339. The van der Waals surface area contributed by atoms with Gasteiger partial charge in [0, 0.05) is 12.7 Å². The molecule has 0 radical (unpaired) electrons. The van der Waals surface area contributed by atoms with E-state index in [1.165, 1.54) is 4.90 Å². The molecule has 0 fully saturated rings. The Morgan fingerprint density at radius 2 is 2.50 bits per heavy atom. The maximum atomic E-state index is 12.4. The minimum atomic E-state index is -0.953. The highest BCUT2D eigenvalue weighted by molar-refractivity contribution is 5.65. The predicted molar refractivity (Wildman–Crippen MR) is 63.2 cm³/mol. The van der Waals surface area contributed by atoms with Crippen molar-refractivity contribution in [2.45, 2.75) is 25.9 Å². The molecule has 0 aliphatic carbocycles. The zero-order chi connectivity index (χ0) is 13.1. The van der Waals surface area contributed by atoms with Crippen LogP contribution in [-0.2, 0) is 13.0 Å². The number of fused-ring (bicyclic) bond motifs is 1. The van der Waals surface area contributed by atoms with E-state index in [0.717, 1.165) is 5.56 Å². The van der Waals surface area contributed by atoms with E-state index in [2.05, 4.69) is 15.3 Å². The van der Waals surface area contributed by atoms with Crippen LogP contribution in [-0.4, -0.2) is 45.3 Å². The number of amides is 1. The number of hydrogen-bond donors (Lipinski definition) is 2. The molecule has 1 atom stereocenters. The van der Waals surface area contributed by atoms with Gasteiger partial charge >= 0.3 is 6.09 Å². The number of anilines is 1. The molecule has 2 rings (SSSR count). The van der Waals surface area contributed by atoms with Gasteiger partial charge in [-0.3, -0.25) is 0 Å². The zero-order valence-corrected chi connectivity index (χ0v) is 10.1. The lowest BCUT2D eigenvalue weighted by Gasteiger charge is -2.25. The van der Waals surface area contributed by atoms with Crippen molar-refractivity contribution in [1.29, 1.82) is 0 Å². The molecular weight excluding hydrogens is 239 g/mol. The molecule has 6 nitrogen and oxygen atoms in total. The van der Waals surface area contributed by atoms with Crippen molar-refractivity contribution in [3.05, 3.63) is 17.5 Å². The third-order valence-electron chi connectivity index (χ3n) is 2.82. The van der Waals surface area contributed by atoms with E-state index < -0.39 is 12.8 Å². The summed E-state index contributed by atoms with van der Waals surface area (Å²) in [6.45, 7) is 1.89. The normalized spacial score (nSPS) is 16.0. The lowest BCUT2D eigenvalue weighted by Crippen LogP contribution is -2.35. The van der Waals surface area contributed by atoms with Gasteiger partial charge in [0.15, 0.2) is 0 Å². The molecular formula is C11H15FN4O2. The lowest BCUT2D eigenvalue weighted by molar-refractivity contribution is 0.139. The van der Waals surface area contributed by atoms with Gasteiger partial charge in [0.2, 0.25) is 5.95 Å². The van der Waals surface area contributed by atoms with Crippen molar-refractivity contribution in [2.75, 3.05) is 18.5 Å². The maximum absolute atomic E-state index is 12.4. The van der Waals surface area contributed by atoms with Crippen LogP contribution in [0.1, 0.15) is 18.2 Å². The Bertz CT molecular complexity index is 455. The van der Waals surface area contributed by atoms with Gasteiger partial charge in [-0.25, -0.2) is 19.2 Å². The second-order valence-corrected chi connectivity index (χ2v) is 4.32. The van der Waals surface area contributed by atoms with E-state index in [1.54, 1.807) is 13.1 Å². The number of carboxylic acid groups (broad SMARTS) is 1. The van der Waals surface area contributed by atoms with Crippen LogP contribution < -0.4 is 5.32 Å². The van der Waals surface area contributed by atoms with E-state index in [0.29, 0.717) is 24.6 Å². The third kappa shape index (κ3) is 2.66. The van der Waals surface area contributed by atoms with E-state index in [4.69, 9.17) is 5.11 Å². The fourth-order valence-corrected chi connectivity index (χ4v) is 1.79. The molecule has 98 valence electrons. The molecule has 0 saturated carbocycles. The van der Waals surface area contributed by atoms with Crippen LogP contribution in [0.3, 0.4) is 0 Å². The maximum Gasteiger partial charge on any atom is 0.407 e. The third-order valence-corrected chi connectivity index (χ3v) is 2.82. The molecule has 1 aliphatic rings. The number of alkyl halides is 1. The summed E-state index contributed by atoms with van der Waals surface area (Å²) in [7, 11) is 0. The Hall–Kier alpha value is -1.92. The van der Waals surface area contributed by atoms with Gasteiger partial charge in [0.05, 0.1) is 18.3 Å². The molecule has 0 spiro atoms. The van der Waals surface area contributed by atoms with Crippen molar-refractivity contribution in [3.8, 4) is 0 Å². The molecule has 1 unspecified atom stereocenters. The number of aromatic nitrogens is 2. The SMILES string of the molecule is CC(CF)Nc1ncc2c(n1)CN(C(=O)O)CC2. The monoisotopic (exact) mass is 254 g/mol. The van der Waals surface area contributed by atoms with E-state index >= 15 is 0 Å². The topological polar surface area (TPSA) is 78.4 Å². The summed E-state index contributed by atoms with van der Waals surface area (Å²) in [5, 5.41) is 11.8. The smallest absolute Gasteiger partial charge is 0.407 e. The summed E-state index contributed by atoms with van der Waals surface area (Å²) in [6.07, 6.45) is 1.33. The highest BCUT2D eigenvalue weighted by Gasteiger charge is 2.21. The van der Waals surface area contributed by atoms with Gasteiger partial charge in [0.25, 0.3) is 0 Å². The second-order valence-electron chi connectivity index (χ2n) is 4.32. The van der Waals surface area contributed by atoms with Crippen molar-refractivity contribution < 1.29 is 14.3 Å². The molecule has 0 bridgehead atoms. The minimum absolute atomic E-state index is 0.256. The lowest BCUT2D eigenvalue weighted by atomic mass is 10.1. The molecule has 2 N–H and O–H groups in total. The van der Waals surface area contributed by atoms with E-state index in [9.17, 15) is 9.18 Å². The van der Waals surface area contributed by atoms with Gasteiger partial charge in [-0.2, -0.15) is 0 Å². The number of nitrogens with one attached hydrogen (secondary N) is 1. The van der Waals surface area contributed by atoms with Crippen molar-refractivity contribution >= 4 is 12.0 Å². The molecule has 18 heavy (non-hydrogen) atoms. The van der Waals surface area contributed by atoms with Crippen molar-refractivity contribution in [2.24, 2.45) is 0 Å². The number of carbonyl (C=O) groups is 1.